The molecule has 31 heavy (non-hydrogen) atoms. The van der Waals surface area contributed by atoms with E-state index in [2.05, 4.69) is 10.1 Å². The minimum Gasteiger partial charge on any atom is -0.497 e. The lowest BCUT2D eigenvalue weighted by Crippen LogP contribution is -2.40. The Bertz CT molecular complexity index is 1190. The first-order valence-electron chi connectivity index (χ1n) is 8.31. The second-order valence-electron chi connectivity index (χ2n) is 6.50. The SMILES string of the molecule is COc1cc(C)n2c(=O)c(-c3cnn(CC(F)(F)C(F)(F)F)c3)c(C(F)(F)F)nc2c1. The molecule has 0 aromatic carbocycles. The van der Waals surface area contributed by atoms with Gasteiger partial charge in [-0.15, -0.1) is 0 Å². The van der Waals surface area contributed by atoms with E-state index in [0.717, 1.165) is 10.5 Å². The lowest BCUT2D eigenvalue weighted by atomic mass is 10.1. The fourth-order valence-electron chi connectivity index (χ4n) is 2.87. The summed E-state index contributed by atoms with van der Waals surface area (Å²) in [5.74, 6) is -5.06. The standard InChI is InChI=1S/C17H12F8N4O2/c1-8-3-10(31-2)4-11-27-13(16(20,21)22)12(14(30)29(8)11)9-5-26-28(6-9)7-15(18,19)17(23,24)25/h3-6H,7H2,1-2H3. The third-order valence-electron chi connectivity index (χ3n) is 4.29. The van der Waals surface area contributed by atoms with Crippen molar-refractivity contribution in [2.24, 2.45) is 0 Å². The molecule has 0 amide bonds. The van der Waals surface area contributed by atoms with Crippen molar-refractivity contribution < 1.29 is 39.9 Å². The second-order valence-corrected chi connectivity index (χ2v) is 6.50. The van der Waals surface area contributed by atoms with Crippen LogP contribution in [0.2, 0.25) is 0 Å². The number of pyridine rings is 1. The molecule has 3 aromatic rings. The van der Waals surface area contributed by atoms with Crippen LogP contribution in [0.3, 0.4) is 0 Å². The number of nitrogens with zero attached hydrogens (tertiary/aromatic N) is 4. The Morgan fingerprint density at radius 1 is 1.06 bits per heavy atom. The normalized spacial score (nSPS) is 13.1. The molecule has 0 fully saturated rings. The third kappa shape index (κ3) is 4.05. The van der Waals surface area contributed by atoms with Crippen molar-refractivity contribution in [3.05, 3.63) is 46.3 Å². The van der Waals surface area contributed by atoms with Crippen LogP contribution >= 0.6 is 0 Å². The molecule has 6 nitrogen and oxygen atoms in total. The summed E-state index contributed by atoms with van der Waals surface area (Å²) in [6.45, 7) is -0.584. The Labute approximate surface area is 167 Å². The molecular weight excluding hydrogens is 444 g/mol. The average molecular weight is 456 g/mol. The van der Waals surface area contributed by atoms with Gasteiger partial charge in [-0.1, -0.05) is 0 Å². The zero-order chi connectivity index (χ0) is 23.4. The van der Waals surface area contributed by atoms with Gasteiger partial charge in [0.2, 0.25) is 0 Å². The van der Waals surface area contributed by atoms with Gasteiger partial charge in [0.05, 0.1) is 18.9 Å². The van der Waals surface area contributed by atoms with Crippen molar-refractivity contribution in [2.75, 3.05) is 7.11 Å². The summed E-state index contributed by atoms with van der Waals surface area (Å²) in [4.78, 5) is 16.4. The molecule has 0 bridgehead atoms. The zero-order valence-electron chi connectivity index (χ0n) is 15.6. The smallest absolute Gasteiger partial charge is 0.455 e. The number of hydrogen-bond donors (Lipinski definition) is 0. The molecule has 3 heterocycles. The van der Waals surface area contributed by atoms with Gasteiger partial charge in [-0.25, -0.2) is 4.98 Å². The third-order valence-corrected chi connectivity index (χ3v) is 4.29. The van der Waals surface area contributed by atoms with E-state index in [0.29, 0.717) is 12.4 Å². The van der Waals surface area contributed by atoms with Crippen LogP contribution in [-0.2, 0) is 12.7 Å². The summed E-state index contributed by atoms with van der Waals surface area (Å²) in [7, 11) is 1.26. The van der Waals surface area contributed by atoms with Crippen molar-refractivity contribution in [1.82, 2.24) is 19.2 Å². The second kappa shape index (κ2) is 7.20. The number of methoxy groups -OCH3 is 1. The van der Waals surface area contributed by atoms with Gasteiger partial charge in [0, 0.05) is 23.5 Å². The van der Waals surface area contributed by atoms with Crippen molar-refractivity contribution in [1.29, 1.82) is 0 Å². The summed E-state index contributed by atoms with van der Waals surface area (Å²) < 4.78 is 110. The predicted molar refractivity (Wildman–Crippen MR) is 90.0 cm³/mol. The van der Waals surface area contributed by atoms with Gasteiger partial charge in [0.25, 0.3) is 5.56 Å². The summed E-state index contributed by atoms with van der Waals surface area (Å²) in [6, 6.07) is 2.43. The van der Waals surface area contributed by atoms with Crippen LogP contribution in [0.1, 0.15) is 11.4 Å². The lowest BCUT2D eigenvalue weighted by Gasteiger charge is -2.19. The summed E-state index contributed by atoms with van der Waals surface area (Å²) in [5.41, 5.74) is -4.76. The molecule has 0 N–H and O–H groups in total. The Kier molecular flexibility index (Phi) is 5.22. The minimum absolute atomic E-state index is 0.109. The molecule has 0 radical (unpaired) electrons. The number of aromatic nitrogens is 4. The Balaban J connectivity index is 2.23. The van der Waals surface area contributed by atoms with E-state index >= 15 is 0 Å². The molecular formula is C17H12F8N4O2. The Hall–Kier alpha value is -3.19. The van der Waals surface area contributed by atoms with Crippen molar-refractivity contribution >= 4 is 5.65 Å². The van der Waals surface area contributed by atoms with E-state index in [-0.39, 0.29) is 16.1 Å². The van der Waals surface area contributed by atoms with E-state index in [4.69, 9.17) is 4.74 Å². The summed E-state index contributed by atoms with van der Waals surface area (Å²) in [6.07, 6.45) is -9.95. The van der Waals surface area contributed by atoms with Gasteiger partial charge < -0.3 is 4.74 Å². The van der Waals surface area contributed by atoms with Gasteiger partial charge in [-0.3, -0.25) is 13.9 Å². The Morgan fingerprint density at radius 3 is 2.26 bits per heavy atom. The molecule has 0 atom stereocenters. The van der Waals surface area contributed by atoms with Crippen molar-refractivity contribution in [2.45, 2.75) is 31.7 Å². The van der Waals surface area contributed by atoms with E-state index in [9.17, 15) is 39.9 Å². The molecule has 3 aromatic heterocycles. The van der Waals surface area contributed by atoms with Crippen LogP contribution in [-0.4, -0.2) is 38.4 Å². The highest BCUT2D eigenvalue weighted by molar-refractivity contribution is 5.66. The molecule has 0 unspecified atom stereocenters. The highest BCUT2D eigenvalue weighted by Crippen LogP contribution is 2.38. The molecule has 3 rings (SSSR count). The number of hydrogen-bond acceptors (Lipinski definition) is 4. The van der Waals surface area contributed by atoms with Gasteiger partial charge in [-0.2, -0.15) is 40.2 Å². The van der Waals surface area contributed by atoms with Crippen LogP contribution in [0.25, 0.3) is 16.8 Å². The maximum Gasteiger partial charge on any atom is 0.455 e. The number of aryl methyl sites for hydroxylation is 1. The number of alkyl halides is 8. The van der Waals surface area contributed by atoms with Gasteiger partial charge in [0.1, 0.15) is 17.9 Å². The number of rotatable bonds is 4. The highest BCUT2D eigenvalue weighted by Gasteiger charge is 2.57. The topological polar surface area (TPSA) is 61.4 Å². The van der Waals surface area contributed by atoms with Crippen LogP contribution in [0.5, 0.6) is 5.75 Å². The van der Waals surface area contributed by atoms with E-state index in [1.165, 1.54) is 20.1 Å². The molecule has 0 saturated heterocycles. The first kappa shape index (κ1) is 22.5. The van der Waals surface area contributed by atoms with Crippen molar-refractivity contribution in [3.8, 4) is 16.9 Å². The molecule has 0 aliphatic rings. The van der Waals surface area contributed by atoms with Crippen LogP contribution in [0, 0.1) is 6.92 Å². The average Bonchev–Trinajstić information content (AvgIpc) is 3.06. The van der Waals surface area contributed by atoms with Crippen molar-refractivity contribution in [3.63, 3.8) is 0 Å². The molecule has 14 heteroatoms. The number of fused-ring (bicyclic) bond motifs is 1. The molecule has 0 saturated carbocycles. The van der Waals surface area contributed by atoms with Gasteiger partial charge in [-0.05, 0) is 13.0 Å². The van der Waals surface area contributed by atoms with Gasteiger partial charge in [0.15, 0.2) is 5.69 Å². The van der Waals surface area contributed by atoms with E-state index in [1.54, 1.807) is 0 Å². The number of halogens is 8. The first-order valence-corrected chi connectivity index (χ1v) is 8.31. The summed E-state index contributed by atoms with van der Waals surface area (Å²) in [5, 5.41) is 3.26. The zero-order valence-corrected chi connectivity index (χ0v) is 15.6. The minimum atomic E-state index is -5.89. The van der Waals surface area contributed by atoms with Crippen LogP contribution in [0.4, 0.5) is 35.1 Å². The largest absolute Gasteiger partial charge is 0.497 e. The number of ether oxygens (including phenoxy) is 1. The quantitative estimate of drug-likeness (QED) is 0.555. The van der Waals surface area contributed by atoms with E-state index in [1.807, 2.05) is 0 Å². The molecule has 0 spiro atoms. The van der Waals surface area contributed by atoms with Crippen LogP contribution in [0.15, 0.2) is 29.3 Å². The lowest BCUT2D eigenvalue weighted by molar-refractivity contribution is -0.287. The first-order chi connectivity index (χ1) is 14.2. The molecule has 0 aliphatic heterocycles. The molecule has 168 valence electrons. The fraction of sp³-hybridized carbons (Fsp3) is 0.353. The molecule has 0 aliphatic carbocycles. The van der Waals surface area contributed by atoms with E-state index < -0.39 is 52.8 Å². The maximum absolute atomic E-state index is 13.6. The highest BCUT2D eigenvalue weighted by atomic mass is 19.4. The predicted octanol–water partition coefficient (Wildman–Crippen LogP) is 4.09. The fourth-order valence-corrected chi connectivity index (χ4v) is 2.87. The summed E-state index contributed by atoms with van der Waals surface area (Å²) >= 11 is 0. The van der Waals surface area contributed by atoms with Gasteiger partial charge >= 0.3 is 18.3 Å². The maximum atomic E-state index is 13.6. The van der Waals surface area contributed by atoms with Crippen LogP contribution < -0.4 is 10.3 Å². The Morgan fingerprint density at radius 2 is 1.71 bits per heavy atom. The monoisotopic (exact) mass is 456 g/mol.